The molecular formula is C24H30F3N7O2S. The summed E-state index contributed by atoms with van der Waals surface area (Å²) >= 11 is 0.952. The monoisotopic (exact) mass is 537 g/mol. The van der Waals surface area contributed by atoms with Crippen LogP contribution in [-0.4, -0.2) is 49.8 Å². The van der Waals surface area contributed by atoms with Crippen LogP contribution in [0.15, 0.2) is 35.5 Å². The Labute approximate surface area is 216 Å². The molecule has 1 saturated heterocycles. The summed E-state index contributed by atoms with van der Waals surface area (Å²) in [6.07, 6.45) is 5.32. The SMILES string of the molecule is CCCCN1CCCCC1.Cc1nsc(Nc2cnc(C(F)(F)F)cn2)c1C(=O)Nc1ccc(=O)[nH]c1. The van der Waals surface area contributed by atoms with Crippen LogP contribution >= 0.6 is 11.5 Å². The number of pyridine rings is 1. The van der Waals surface area contributed by atoms with E-state index in [1.165, 1.54) is 70.1 Å². The summed E-state index contributed by atoms with van der Waals surface area (Å²) in [6.45, 7) is 7.95. The summed E-state index contributed by atoms with van der Waals surface area (Å²) in [6, 6.07) is 2.69. The molecule has 0 bridgehead atoms. The first-order chi connectivity index (χ1) is 17.7. The molecule has 3 N–H and O–H groups in total. The summed E-state index contributed by atoms with van der Waals surface area (Å²) in [5.41, 5.74) is -0.447. The predicted octanol–water partition coefficient (Wildman–Crippen LogP) is 5.22. The lowest BCUT2D eigenvalue weighted by molar-refractivity contribution is -0.141. The van der Waals surface area contributed by atoms with Gasteiger partial charge in [0.2, 0.25) is 5.56 Å². The first-order valence-corrected chi connectivity index (χ1v) is 12.8. The topological polar surface area (TPSA) is 116 Å². The number of hydrogen-bond donors (Lipinski definition) is 3. The molecule has 0 aromatic carbocycles. The fourth-order valence-corrected chi connectivity index (χ4v) is 4.43. The van der Waals surface area contributed by atoms with E-state index < -0.39 is 17.8 Å². The van der Waals surface area contributed by atoms with Gasteiger partial charge in [-0.25, -0.2) is 9.97 Å². The van der Waals surface area contributed by atoms with Gasteiger partial charge in [0, 0.05) is 12.3 Å². The molecule has 1 amide bonds. The van der Waals surface area contributed by atoms with E-state index in [9.17, 15) is 22.8 Å². The summed E-state index contributed by atoms with van der Waals surface area (Å²) < 4.78 is 41.7. The molecule has 37 heavy (non-hydrogen) atoms. The molecule has 0 radical (unpaired) electrons. The lowest BCUT2D eigenvalue weighted by Crippen LogP contribution is -2.30. The zero-order chi connectivity index (χ0) is 26.8. The van der Waals surface area contributed by atoms with Crippen LogP contribution in [0.3, 0.4) is 0 Å². The minimum atomic E-state index is -4.59. The fraction of sp³-hybridized carbons (Fsp3) is 0.458. The largest absolute Gasteiger partial charge is 0.434 e. The molecule has 0 unspecified atom stereocenters. The Kier molecular flexibility index (Phi) is 10.1. The number of carbonyl (C=O) groups excluding carboxylic acids is 1. The van der Waals surface area contributed by atoms with Crippen molar-refractivity contribution in [3.8, 4) is 0 Å². The average molecular weight is 538 g/mol. The van der Waals surface area contributed by atoms with Gasteiger partial charge < -0.3 is 20.5 Å². The van der Waals surface area contributed by atoms with Crippen molar-refractivity contribution < 1.29 is 18.0 Å². The van der Waals surface area contributed by atoms with E-state index in [1.807, 2.05) is 0 Å². The van der Waals surface area contributed by atoms with Gasteiger partial charge >= 0.3 is 6.18 Å². The van der Waals surface area contributed by atoms with E-state index in [1.54, 1.807) is 6.92 Å². The van der Waals surface area contributed by atoms with Crippen molar-refractivity contribution in [3.63, 3.8) is 0 Å². The summed E-state index contributed by atoms with van der Waals surface area (Å²) in [7, 11) is 0. The molecule has 4 heterocycles. The van der Waals surface area contributed by atoms with Crippen LogP contribution in [0.2, 0.25) is 0 Å². The number of piperidine rings is 1. The molecule has 9 nitrogen and oxygen atoms in total. The molecule has 3 aromatic rings. The molecule has 0 aliphatic carbocycles. The average Bonchev–Trinajstić information content (AvgIpc) is 3.24. The number of alkyl halides is 3. The number of carbonyl (C=O) groups is 1. The van der Waals surface area contributed by atoms with Gasteiger partial charge in [0.05, 0.1) is 29.3 Å². The predicted molar refractivity (Wildman–Crippen MR) is 137 cm³/mol. The van der Waals surface area contributed by atoms with Gasteiger partial charge in [-0.1, -0.05) is 19.8 Å². The van der Waals surface area contributed by atoms with Gasteiger partial charge in [0.25, 0.3) is 5.91 Å². The first kappa shape index (κ1) is 28.3. The Morgan fingerprint density at radius 2 is 1.92 bits per heavy atom. The molecule has 1 fully saturated rings. The van der Waals surface area contributed by atoms with Crippen molar-refractivity contribution in [2.45, 2.75) is 52.1 Å². The second-order valence-corrected chi connectivity index (χ2v) is 9.31. The highest BCUT2D eigenvalue weighted by Gasteiger charge is 2.32. The maximum absolute atomic E-state index is 12.5. The van der Waals surface area contributed by atoms with E-state index in [0.717, 1.165) is 17.7 Å². The van der Waals surface area contributed by atoms with Gasteiger partial charge in [-0.3, -0.25) is 9.59 Å². The van der Waals surface area contributed by atoms with Gasteiger partial charge in [0.1, 0.15) is 10.8 Å². The summed E-state index contributed by atoms with van der Waals surface area (Å²) in [4.78, 5) is 35.6. The number of nitrogens with one attached hydrogen (secondary N) is 3. The maximum atomic E-state index is 12.5. The van der Waals surface area contributed by atoms with E-state index in [0.29, 0.717) is 22.6 Å². The van der Waals surface area contributed by atoms with Crippen molar-refractivity contribution in [2.24, 2.45) is 0 Å². The molecule has 4 rings (SSSR count). The Morgan fingerprint density at radius 3 is 2.51 bits per heavy atom. The van der Waals surface area contributed by atoms with Crippen molar-refractivity contribution in [1.29, 1.82) is 0 Å². The molecule has 200 valence electrons. The van der Waals surface area contributed by atoms with Gasteiger partial charge in [-0.15, -0.1) is 0 Å². The third kappa shape index (κ3) is 8.64. The van der Waals surface area contributed by atoms with Crippen LogP contribution in [0.5, 0.6) is 0 Å². The lowest BCUT2D eigenvalue weighted by Gasteiger charge is -2.25. The number of H-pyrrole nitrogens is 1. The van der Waals surface area contributed by atoms with Crippen LogP contribution in [0.25, 0.3) is 0 Å². The number of nitrogens with zero attached hydrogens (tertiary/aromatic N) is 4. The van der Waals surface area contributed by atoms with Crippen molar-refractivity contribution in [2.75, 3.05) is 30.3 Å². The molecule has 0 atom stereocenters. The van der Waals surface area contributed by atoms with Crippen LogP contribution in [0.4, 0.5) is 29.7 Å². The second-order valence-electron chi connectivity index (χ2n) is 8.53. The number of aryl methyl sites for hydroxylation is 1. The van der Waals surface area contributed by atoms with E-state index in [-0.39, 0.29) is 16.9 Å². The van der Waals surface area contributed by atoms with Gasteiger partial charge in [0.15, 0.2) is 5.69 Å². The van der Waals surface area contributed by atoms with E-state index in [4.69, 9.17) is 0 Å². The quantitative estimate of drug-likeness (QED) is 0.379. The molecule has 0 spiro atoms. The molecule has 3 aromatic heterocycles. The van der Waals surface area contributed by atoms with Crippen molar-refractivity contribution in [3.05, 3.63) is 58.0 Å². The number of halogens is 3. The Morgan fingerprint density at radius 1 is 1.16 bits per heavy atom. The highest BCUT2D eigenvalue weighted by atomic mass is 32.1. The minimum Gasteiger partial charge on any atom is -0.329 e. The lowest BCUT2D eigenvalue weighted by atomic mass is 10.1. The van der Waals surface area contributed by atoms with Gasteiger partial charge in [-0.05, 0) is 63.4 Å². The van der Waals surface area contributed by atoms with Crippen LogP contribution < -0.4 is 16.2 Å². The number of hydrogen-bond acceptors (Lipinski definition) is 8. The highest BCUT2D eigenvalue weighted by molar-refractivity contribution is 7.10. The highest BCUT2D eigenvalue weighted by Crippen LogP contribution is 2.30. The first-order valence-electron chi connectivity index (χ1n) is 12.0. The number of rotatable bonds is 7. The van der Waals surface area contributed by atoms with Crippen molar-refractivity contribution in [1.82, 2.24) is 24.2 Å². The second kappa shape index (κ2) is 13.3. The Balaban J connectivity index is 0.000000319. The number of aromatic nitrogens is 4. The van der Waals surface area contributed by atoms with E-state index in [2.05, 4.69) is 41.8 Å². The number of anilines is 3. The summed E-state index contributed by atoms with van der Waals surface area (Å²) in [5, 5.41) is 5.64. The normalized spacial score (nSPS) is 14.0. The maximum Gasteiger partial charge on any atom is 0.434 e. The Bertz CT molecular complexity index is 1190. The number of aromatic amines is 1. The van der Waals surface area contributed by atoms with Gasteiger partial charge in [-0.2, -0.15) is 17.5 Å². The minimum absolute atomic E-state index is 0.0322. The zero-order valence-corrected chi connectivity index (χ0v) is 21.5. The Hall–Kier alpha value is -3.32. The zero-order valence-electron chi connectivity index (χ0n) is 20.7. The summed E-state index contributed by atoms with van der Waals surface area (Å²) in [5.74, 6) is -0.472. The fourth-order valence-electron chi connectivity index (χ4n) is 3.62. The van der Waals surface area contributed by atoms with Crippen LogP contribution in [-0.2, 0) is 6.18 Å². The number of amides is 1. The molecule has 1 aliphatic heterocycles. The van der Waals surface area contributed by atoms with Crippen LogP contribution in [0, 0.1) is 6.92 Å². The number of likely N-dealkylation sites (tertiary alicyclic amines) is 1. The van der Waals surface area contributed by atoms with Crippen LogP contribution in [0.1, 0.15) is 60.8 Å². The standard InChI is InChI=1S/C15H11F3N6O2S.C9H19N/c1-7-12(13(26)22-8-2-3-11(25)21-4-8)14(27-24-7)23-10-6-19-9(5-20-10)15(16,17)18;1-2-3-7-10-8-5-4-6-9-10/h2-6H,1H3,(H,20,23)(H,21,25)(H,22,26);2-9H2,1H3. The number of unbranched alkanes of at least 4 members (excludes halogenated alkanes) is 1. The molecule has 0 saturated carbocycles. The van der Waals surface area contributed by atoms with E-state index >= 15 is 0 Å². The molecule has 1 aliphatic rings. The third-order valence-electron chi connectivity index (χ3n) is 5.59. The third-order valence-corrected chi connectivity index (χ3v) is 6.45. The molecular weight excluding hydrogens is 507 g/mol. The smallest absolute Gasteiger partial charge is 0.329 e. The van der Waals surface area contributed by atoms with Crippen molar-refractivity contribution >= 4 is 33.9 Å². The molecule has 13 heteroatoms.